The Hall–Kier alpha value is -3.20. The van der Waals surface area contributed by atoms with Crippen molar-refractivity contribution in [3.8, 4) is 6.07 Å². The highest BCUT2D eigenvalue weighted by molar-refractivity contribution is 5.93. The maximum atomic E-state index is 12.6. The number of hydrogen-bond acceptors (Lipinski definition) is 4. The van der Waals surface area contributed by atoms with Crippen LogP contribution in [0.5, 0.6) is 0 Å². The van der Waals surface area contributed by atoms with Gasteiger partial charge in [0.2, 0.25) is 0 Å². The summed E-state index contributed by atoms with van der Waals surface area (Å²) >= 11 is 0. The molecule has 0 unspecified atom stereocenters. The molecule has 0 bridgehead atoms. The number of carbonyl (C=O) groups is 2. The standard InChI is InChI=1S/C19H20N4O2/c1-4-15(11-20)8-7-14(3)21-19(25)23-9-5-6-16-10-13(2)17(12-24)22-18(16)23/h4,7-8,10,12H,1,5-6,9H2,2-3H3,(H,21,25)/b14-7+,15-8+. The third kappa shape index (κ3) is 4.21. The van der Waals surface area contributed by atoms with E-state index >= 15 is 0 Å². The van der Waals surface area contributed by atoms with Crippen molar-refractivity contribution in [2.75, 3.05) is 11.4 Å². The van der Waals surface area contributed by atoms with Gasteiger partial charge in [0.25, 0.3) is 0 Å². The number of nitrogens with zero attached hydrogens (tertiary/aromatic N) is 3. The summed E-state index contributed by atoms with van der Waals surface area (Å²) in [6, 6.07) is 3.59. The zero-order chi connectivity index (χ0) is 18.4. The first kappa shape index (κ1) is 18.1. The van der Waals surface area contributed by atoms with Crippen molar-refractivity contribution in [1.29, 1.82) is 5.26 Å². The van der Waals surface area contributed by atoms with Gasteiger partial charge in [-0.1, -0.05) is 18.7 Å². The van der Waals surface area contributed by atoms with Gasteiger partial charge in [0.15, 0.2) is 6.29 Å². The van der Waals surface area contributed by atoms with Crippen LogP contribution in [-0.4, -0.2) is 23.8 Å². The number of allylic oxidation sites excluding steroid dienone is 5. The number of nitrogens with one attached hydrogen (secondary N) is 1. The third-order valence-electron chi connectivity index (χ3n) is 3.91. The Morgan fingerprint density at radius 1 is 1.48 bits per heavy atom. The van der Waals surface area contributed by atoms with Crippen LogP contribution in [0.3, 0.4) is 0 Å². The second-order valence-corrected chi connectivity index (χ2v) is 5.76. The molecule has 2 amide bonds. The first-order chi connectivity index (χ1) is 12.0. The van der Waals surface area contributed by atoms with Crippen LogP contribution in [0.25, 0.3) is 0 Å². The molecule has 0 aromatic carbocycles. The minimum atomic E-state index is -0.312. The van der Waals surface area contributed by atoms with Crippen molar-refractivity contribution in [2.45, 2.75) is 26.7 Å². The van der Waals surface area contributed by atoms with Crippen LogP contribution in [0.4, 0.5) is 10.6 Å². The molecule has 1 N–H and O–H groups in total. The number of urea groups is 1. The Balaban J connectivity index is 2.23. The van der Waals surface area contributed by atoms with Crippen LogP contribution < -0.4 is 10.2 Å². The Bertz CT molecular complexity index is 815. The lowest BCUT2D eigenvalue weighted by Crippen LogP contribution is -2.42. The fraction of sp³-hybridized carbons (Fsp3) is 0.263. The number of hydrogen-bond donors (Lipinski definition) is 1. The van der Waals surface area contributed by atoms with Crippen molar-refractivity contribution in [3.05, 3.63) is 59.0 Å². The number of aromatic nitrogens is 1. The van der Waals surface area contributed by atoms with Crippen LogP contribution in [0.1, 0.15) is 35.0 Å². The Morgan fingerprint density at radius 2 is 2.24 bits per heavy atom. The molecule has 1 aromatic rings. The van der Waals surface area contributed by atoms with Gasteiger partial charge in [-0.25, -0.2) is 9.78 Å². The number of aryl methyl sites for hydroxylation is 2. The topological polar surface area (TPSA) is 86.1 Å². The lowest BCUT2D eigenvalue weighted by molar-refractivity contribution is 0.111. The first-order valence-corrected chi connectivity index (χ1v) is 7.95. The SMILES string of the molecule is C=C/C(C#N)=C\C=C(/C)NC(=O)N1CCCc2cc(C)c(C=O)nc21. The van der Waals surface area contributed by atoms with Crippen LogP contribution >= 0.6 is 0 Å². The minimum absolute atomic E-state index is 0.312. The average Bonchev–Trinajstić information content (AvgIpc) is 2.61. The minimum Gasteiger partial charge on any atom is -0.312 e. The molecule has 0 saturated heterocycles. The van der Waals surface area contributed by atoms with Gasteiger partial charge in [-0.2, -0.15) is 5.26 Å². The monoisotopic (exact) mass is 336 g/mol. The van der Waals surface area contributed by atoms with E-state index in [4.69, 9.17) is 5.26 Å². The van der Waals surface area contributed by atoms with Crippen molar-refractivity contribution in [2.24, 2.45) is 0 Å². The molecule has 0 spiro atoms. The fourth-order valence-electron chi connectivity index (χ4n) is 2.59. The second-order valence-electron chi connectivity index (χ2n) is 5.76. The van der Waals surface area contributed by atoms with Crippen molar-refractivity contribution in [1.82, 2.24) is 10.3 Å². The molecule has 0 fully saturated rings. The number of aldehydes is 1. The van der Waals surface area contributed by atoms with E-state index in [0.717, 1.165) is 24.0 Å². The fourth-order valence-corrected chi connectivity index (χ4v) is 2.59. The predicted octanol–water partition coefficient (Wildman–Crippen LogP) is 3.20. The maximum Gasteiger partial charge on any atom is 0.327 e. The van der Waals surface area contributed by atoms with Gasteiger partial charge in [-0.3, -0.25) is 9.69 Å². The van der Waals surface area contributed by atoms with Crippen molar-refractivity contribution in [3.63, 3.8) is 0 Å². The summed E-state index contributed by atoms with van der Waals surface area (Å²) in [6.45, 7) is 7.64. The Kier molecular flexibility index (Phi) is 5.85. The number of carbonyl (C=O) groups excluding carboxylic acids is 2. The van der Waals surface area contributed by atoms with E-state index in [-0.39, 0.29) is 6.03 Å². The molecule has 6 nitrogen and oxygen atoms in total. The van der Waals surface area contributed by atoms with E-state index < -0.39 is 0 Å². The Morgan fingerprint density at radius 3 is 2.88 bits per heavy atom. The Labute approximate surface area is 147 Å². The largest absolute Gasteiger partial charge is 0.327 e. The summed E-state index contributed by atoms with van der Waals surface area (Å²) in [5.41, 5.74) is 3.12. The van der Waals surface area contributed by atoms with Crippen LogP contribution in [0.15, 0.2) is 42.1 Å². The third-order valence-corrected chi connectivity index (χ3v) is 3.91. The first-order valence-electron chi connectivity index (χ1n) is 7.95. The van der Waals surface area contributed by atoms with Gasteiger partial charge in [0.1, 0.15) is 11.5 Å². The molecule has 0 aliphatic carbocycles. The van der Waals surface area contributed by atoms with E-state index in [0.29, 0.717) is 35.6 Å². The zero-order valence-corrected chi connectivity index (χ0v) is 14.4. The van der Waals surface area contributed by atoms with E-state index in [2.05, 4.69) is 16.9 Å². The molecule has 128 valence electrons. The summed E-state index contributed by atoms with van der Waals surface area (Å²) in [4.78, 5) is 29.6. The number of anilines is 1. The quantitative estimate of drug-likeness (QED) is 0.520. The van der Waals surface area contributed by atoms with Gasteiger partial charge >= 0.3 is 6.03 Å². The van der Waals surface area contributed by atoms with E-state index in [1.54, 1.807) is 24.0 Å². The summed E-state index contributed by atoms with van der Waals surface area (Å²) in [5.74, 6) is 0.531. The highest BCUT2D eigenvalue weighted by atomic mass is 16.2. The van der Waals surface area contributed by atoms with Gasteiger partial charge in [0.05, 0.1) is 11.6 Å². The molecule has 2 rings (SSSR count). The molecule has 0 radical (unpaired) electrons. The second kappa shape index (κ2) is 8.06. The normalized spacial score (nSPS) is 14.4. The molecular weight excluding hydrogens is 316 g/mol. The lowest BCUT2D eigenvalue weighted by atomic mass is 10.0. The zero-order valence-electron chi connectivity index (χ0n) is 14.4. The lowest BCUT2D eigenvalue weighted by Gasteiger charge is -2.29. The molecule has 2 heterocycles. The predicted molar refractivity (Wildman–Crippen MR) is 96.2 cm³/mol. The molecular formula is C19H20N4O2. The van der Waals surface area contributed by atoms with E-state index in [1.165, 1.54) is 6.08 Å². The van der Waals surface area contributed by atoms with Gasteiger partial charge < -0.3 is 5.32 Å². The summed E-state index contributed by atoms with van der Waals surface area (Å²) < 4.78 is 0. The number of amides is 2. The molecule has 0 saturated carbocycles. The van der Waals surface area contributed by atoms with Crippen molar-refractivity contribution < 1.29 is 9.59 Å². The summed E-state index contributed by atoms with van der Waals surface area (Å²) in [5, 5.41) is 11.6. The van der Waals surface area contributed by atoms with E-state index in [9.17, 15) is 9.59 Å². The number of nitriles is 1. The van der Waals surface area contributed by atoms with Gasteiger partial charge in [-0.05, 0) is 50.0 Å². The molecule has 1 aliphatic heterocycles. The molecule has 0 atom stereocenters. The number of pyridine rings is 1. The summed E-state index contributed by atoms with van der Waals surface area (Å²) in [7, 11) is 0. The molecule has 25 heavy (non-hydrogen) atoms. The van der Waals surface area contributed by atoms with E-state index in [1.807, 2.05) is 19.1 Å². The highest BCUT2D eigenvalue weighted by Gasteiger charge is 2.25. The number of rotatable bonds is 4. The molecule has 6 heteroatoms. The van der Waals surface area contributed by atoms with Crippen LogP contribution in [0, 0.1) is 18.3 Å². The molecule has 1 aliphatic rings. The highest BCUT2D eigenvalue weighted by Crippen LogP contribution is 2.27. The maximum absolute atomic E-state index is 12.6. The molecule has 1 aromatic heterocycles. The summed E-state index contributed by atoms with van der Waals surface area (Å²) in [6.07, 6.45) is 7.03. The van der Waals surface area contributed by atoms with Crippen LogP contribution in [0.2, 0.25) is 0 Å². The average molecular weight is 336 g/mol. The van der Waals surface area contributed by atoms with Gasteiger partial charge in [0, 0.05) is 12.2 Å². The van der Waals surface area contributed by atoms with Crippen molar-refractivity contribution >= 4 is 18.1 Å². The van der Waals surface area contributed by atoms with Gasteiger partial charge in [-0.15, -0.1) is 0 Å². The smallest absolute Gasteiger partial charge is 0.312 e. The van der Waals surface area contributed by atoms with Crippen LogP contribution in [-0.2, 0) is 6.42 Å². The number of fused-ring (bicyclic) bond motifs is 1.